The van der Waals surface area contributed by atoms with Crippen LogP contribution < -0.4 is 10.1 Å². The van der Waals surface area contributed by atoms with Crippen LogP contribution in [0.2, 0.25) is 0 Å². The molecule has 5 nitrogen and oxygen atoms in total. The van der Waals surface area contributed by atoms with Gasteiger partial charge in [0.05, 0.1) is 12.8 Å². The summed E-state index contributed by atoms with van der Waals surface area (Å²) in [6.07, 6.45) is 4.34. The van der Waals surface area contributed by atoms with E-state index in [1.165, 1.54) is 13.2 Å². The van der Waals surface area contributed by atoms with E-state index in [9.17, 15) is 4.39 Å². The molecule has 0 aliphatic heterocycles. The van der Waals surface area contributed by atoms with Crippen molar-refractivity contribution in [1.82, 2.24) is 9.55 Å². The van der Waals surface area contributed by atoms with Crippen LogP contribution in [0.5, 0.6) is 5.75 Å². The Morgan fingerprint density at radius 2 is 2.24 bits per heavy atom. The highest BCUT2D eigenvalue weighted by Gasteiger charge is 2.08. The molecule has 2 aromatic rings. The molecule has 2 rings (SSSR count). The van der Waals surface area contributed by atoms with Gasteiger partial charge in [0.2, 0.25) is 5.95 Å². The molecule has 0 atom stereocenters. The fourth-order valence-corrected chi connectivity index (χ4v) is 1.97. The number of nitrogens with one attached hydrogen (secondary N) is 1. The van der Waals surface area contributed by atoms with E-state index in [0.717, 1.165) is 19.6 Å². The maximum atomic E-state index is 13.8. The monoisotopic (exact) mass is 293 g/mol. The molecule has 1 heterocycles. The fourth-order valence-electron chi connectivity index (χ4n) is 1.97. The first-order valence-corrected chi connectivity index (χ1v) is 6.95. The summed E-state index contributed by atoms with van der Waals surface area (Å²) in [4.78, 5) is 4.24. The van der Waals surface area contributed by atoms with E-state index in [1.807, 2.05) is 6.92 Å². The lowest BCUT2D eigenvalue weighted by molar-refractivity contribution is 0.147. The van der Waals surface area contributed by atoms with Gasteiger partial charge >= 0.3 is 0 Å². The Kier molecular flexibility index (Phi) is 5.57. The molecule has 0 fully saturated rings. The topological polar surface area (TPSA) is 48.3 Å². The number of anilines is 1. The van der Waals surface area contributed by atoms with E-state index in [1.54, 1.807) is 29.1 Å². The van der Waals surface area contributed by atoms with E-state index in [4.69, 9.17) is 9.47 Å². The summed E-state index contributed by atoms with van der Waals surface area (Å²) in [5.41, 5.74) is 0.693. The lowest BCUT2D eigenvalue weighted by atomic mass is 10.3. The second-order valence-corrected chi connectivity index (χ2v) is 4.42. The van der Waals surface area contributed by atoms with Crippen molar-refractivity contribution in [3.8, 4) is 11.4 Å². The summed E-state index contributed by atoms with van der Waals surface area (Å²) in [5.74, 6) is 0.507. The highest BCUT2D eigenvalue weighted by atomic mass is 19.1. The number of hydrogen-bond donors (Lipinski definition) is 1. The summed E-state index contributed by atoms with van der Waals surface area (Å²) in [7, 11) is 1.45. The number of imidazole rings is 1. The zero-order valence-electron chi connectivity index (χ0n) is 12.3. The Morgan fingerprint density at radius 3 is 2.95 bits per heavy atom. The SMILES string of the molecule is CCOCCCNc1nccn1-c1ccc(OC)c(F)c1. The van der Waals surface area contributed by atoms with Gasteiger partial charge < -0.3 is 14.8 Å². The van der Waals surface area contributed by atoms with Gasteiger partial charge in [-0.25, -0.2) is 9.37 Å². The molecule has 0 saturated carbocycles. The van der Waals surface area contributed by atoms with Gasteiger partial charge in [0.1, 0.15) is 0 Å². The average Bonchev–Trinajstić information content (AvgIpc) is 2.95. The lowest BCUT2D eigenvalue weighted by Crippen LogP contribution is -2.10. The van der Waals surface area contributed by atoms with Gasteiger partial charge in [-0.2, -0.15) is 0 Å². The van der Waals surface area contributed by atoms with Gasteiger partial charge in [-0.15, -0.1) is 0 Å². The highest BCUT2D eigenvalue weighted by molar-refractivity contribution is 5.44. The summed E-state index contributed by atoms with van der Waals surface area (Å²) in [6.45, 7) is 4.15. The predicted molar refractivity (Wildman–Crippen MR) is 79.7 cm³/mol. The number of benzene rings is 1. The quantitative estimate of drug-likeness (QED) is 0.760. The Bertz CT molecular complexity index is 572. The zero-order valence-corrected chi connectivity index (χ0v) is 12.3. The van der Waals surface area contributed by atoms with Crippen molar-refractivity contribution in [3.63, 3.8) is 0 Å². The number of hydrogen-bond acceptors (Lipinski definition) is 4. The highest BCUT2D eigenvalue weighted by Crippen LogP contribution is 2.22. The third kappa shape index (κ3) is 3.95. The number of nitrogens with zero attached hydrogens (tertiary/aromatic N) is 2. The van der Waals surface area contributed by atoms with Crippen LogP contribution in [0, 0.1) is 5.82 Å². The van der Waals surface area contributed by atoms with Crippen LogP contribution in [0.1, 0.15) is 13.3 Å². The largest absolute Gasteiger partial charge is 0.494 e. The molecule has 0 aliphatic carbocycles. The van der Waals surface area contributed by atoms with E-state index in [2.05, 4.69) is 10.3 Å². The molecule has 1 aromatic heterocycles. The van der Waals surface area contributed by atoms with Crippen molar-refractivity contribution < 1.29 is 13.9 Å². The van der Waals surface area contributed by atoms with Crippen LogP contribution in [-0.2, 0) is 4.74 Å². The Morgan fingerprint density at radius 1 is 1.38 bits per heavy atom. The van der Waals surface area contributed by atoms with Gasteiger partial charge in [-0.3, -0.25) is 4.57 Å². The van der Waals surface area contributed by atoms with Gasteiger partial charge in [0.15, 0.2) is 11.6 Å². The van der Waals surface area contributed by atoms with Crippen LogP contribution in [0.3, 0.4) is 0 Å². The first-order valence-electron chi connectivity index (χ1n) is 6.95. The molecule has 0 spiro atoms. The summed E-state index contributed by atoms with van der Waals surface area (Å²) in [6, 6.07) is 4.81. The van der Waals surface area contributed by atoms with Crippen molar-refractivity contribution in [2.24, 2.45) is 0 Å². The van der Waals surface area contributed by atoms with E-state index in [0.29, 0.717) is 18.2 Å². The standard InChI is InChI=1S/C15H20FN3O2/c1-3-21-10-4-7-17-15-18-8-9-19(15)12-5-6-14(20-2)13(16)11-12/h5-6,8-9,11H,3-4,7,10H2,1-2H3,(H,17,18). The van der Waals surface area contributed by atoms with Gasteiger partial charge in [0, 0.05) is 38.2 Å². The average molecular weight is 293 g/mol. The summed E-state index contributed by atoms with van der Waals surface area (Å²) in [5, 5.41) is 3.22. The van der Waals surface area contributed by atoms with Crippen molar-refractivity contribution in [2.75, 3.05) is 32.2 Å². The Hall–Kier alpha value is -2.08. The van der Waals surface area contributed by atoms with Crippen molar-refractivity contribution in [3.05, 3.63) is 36.4 Å². The lowest BCUT2D eigenvalue weighted by Gasteiger charge is -2.11. The maximum Gasteiger partial charge on any atom is 0.207 e. The number of aromatic nitrogens is 2. The Balaban J connectivity index is 2.04. The van der Waals surface area contributed by atoms with Gasteiger partial charge in [-0.05, 0) is 25.5 Å². The molecule has 0 saturated heterocycles. The predicted octanol–water partition coefficient (Wildman–Crippen LogP) is 2.86. The molecule has 0 bridgehead atoms. The first-order chi connectivity index (χ1) is 10.3. The van der Waals surface area contributed by atoms with Crippen LogP contribution in [-0.4, -0.2) is 36.4 Å². The minimum Gasteiger partial charge on any atom is -0.494 e. The number of halogens is 1. The molecule has 21 heavy (non-hydrogen) atoms. The molecule has 0 unspecified atom stereocenters. The second-order valence-electron chi connectivity index (χ2n) is 4.42. The number of rotatable bonds is 8. The molecular weight excluding hydrogens is 273 g/mol. The van der Waals surface area contributed by atoms with Crippen LogP contribution in [0.25, 0.3) is 5.69 Å². The fraction of sp³-hybridized carbons (Fsp3) is 0.400. The number of ether oxygens (including phenoxy) is 2. The minimum atomic E-state index is -0.397. The van der Waals surface area contributed by atoms with Gasteiger partial charge in [-0.1, -0.05) is 0 Å². The van der Waals surface area contributed by atoms with E-state index in [-0.39, 0.29) is 5.75 Å². The van der Waals surface area contributed by atoms with Crippen molar-refractivity contribution >= 4 is 5.95 Å². The maximum absolute atomic E-state index is 13.8. The van der Waals surface area contributed by atoms with E-state index < -0.39 is 5.82 Å². The molecule has 1 aromatic carbocycles. The van der Waals surface area contributed by atoms with Crippen LogP contribution in [0.4, 0.5) is 10.3 Å². The molecule has 1 N–H and O–H groups in total. The smallest absolute Gasteiger partial charge is 0.207 e. The summed E-state index contributed by atoms with van der Waals surface area (Å²) < 4.78 is 25.8. The molecule has 0 radical (unpaired) electrons. The third-order valence-corrected chi connectivity index (χ3v) is 3.01. The molecule has 6 heteroatoms. The minimum absolute atomic E-state index is 0.227. The van der Waals surface area contributed by atoms with E-state index >= 15 is 0 Å². The normalized spacial score (nSPS) is 10.6. The van der Waals surface area contributed by atoms with Crippen LogP contribution >= 0.6 is 0 Å². The van der Waals surface area contributed by atoms with Crippen molar-refractivity contribution in [1.29, 1.82) is 0 Å². The van der Waals surface area contributed by atoms with Crippen molar-refractivity contribution in [2.45, 2.75) is 13.3 Å². The third-order valence-electron chi connectivity index (χ3n) is 3.01. The zero-order chi connectivity index (χ0) is 15.1. The molecule has 0 amide bonds. The van der Waals surface area contributed by atoms with Crippen LogP contribution in [0.15, 0.2) is 30.6 Å². The van der Waals surface area contributed by atoms with Gasteiger partial charge in [0.25, 0.3) is 0 Å². The molecule has 114 valence electrons. The summed E-state index contributed by atoms with van der Waals surface area (Å²) >= 11 is 0. The second kappa shape index (κ2) is 7.64. The molecular formula is C15H20FN3O2. The number of methoxy groups -OCH3 is 1. The first kappa shape index (κ1) is 15.3. The Labute approximate surface area is 123 Å². The molecule has 0 aliphatic rings.